The van der Waals surface area contributed by atoms with Crippen LogP contribution >= 0.6 is 0 Å². The van der Waals surface area contributed by atoms with Crippen molar-refractivity contribution in [3.05, 3.63) is 0 Å². The van der Waals surface area contributed by atoms with Gasteiger partial charge in [0.15, 0.2) is 0 Å². The summed E-state index contributed by atoms with van der Waals surface area (Å²) in [6, 6.07) is 0. The molecule has 0 bridgehead atoms. The van der Waals surface area contributed by atoms with Crippen molar-refractivity contribution in [1.82, 2.24) is 0 Å². The van der Waals surface area contributed by atoms with Crippen LogP contribution in [-0.4, -0.2) is 104 Å². The molecule has 0 aromatic carbocycles. The van der Waals surface area contributed by atoms with Gasteiger partial charge in [0.1, 0.15) is 0 Å². The molecule has 0 amide bonds. The van der Waals surface area contributed by atoms with Crippen LogP contribution in [0.5, 0.6) is 0 Å². The van der Waals surface area contributed by atoms with E-state index in [1.807, 2.05) is 0 Å². The fourth-order valence-corrected chi connectivity index (χ4v) is 2.29. The summed E-state index contributed by atoms with van der Waals surface area (Å²) in [7, 11) is 0. The first-order valence-corrected chi connectivity index (χ1v) is 11.1. The smallest absolute Gasteiger partial charge is 0.0701 e. The van der Waals surface area contributed by atoms with E-state index < -0.39 is 0 Å². The van der Waals surface area contributed by atoms with Crippen molar-refractivity contribution in [2.24, 2.45) is 0 Å². The lowest BCUT2D eigenvalue weighted by molar-refractivity contribution is -0.0215. The zero-order chi connectivity index (χ0) is 21.1. The molecule has 8 nitrogen and oxygen atoms in total. The second kappa shape index (κ2) is 27.7. The molecule has 0 saturated heterocycles. The number of rotatable bonds is 26. The van der Waals surface area contributed by atoms with E-state index in [0.29, 0.717) is 85.9 Å². The Bertz CT molecular complexity index is 255. The van der Waals surface area contributed by atoms with E-state index in [2.05, 4.69) is 6.92 Å². The fourth-order valence-electron chi connectivity index (χ4n) is 2.29. The normalized spacial score (nSPS) is 11.4. The highest BCUT2D eigenvalue weighted by molar-refractivity contribution is 4.42. The van der Waals surface area contributed by atoms with E-state index in [1.165, 1.54) is 25.7 Å². The molecule has 29 heavy (non-hydrogen) atoms. The molecular formula is C21H44O8. The number of ether oxygens (including phenoxy) is 7. The molecule has 0 aromatic rings. The largest absolute Gasteiger partial charge is 0.394 e. The first kappa shape index (κ1) is 28.7. The molecule has 1 N–H and O–H groups in total. The summed E-state index contributed by atoms with van der Waals surface area (Å²) in [5.41, 5.74) is 0. The van der Waals surface area contributed by atoms with E-state index in [1.54, 1.807) is 0 Å². The SMILES string of the molecule is CCCCCCCOCCOCCOCCOCCOCCOCCOCCO. The first-order valence-electron chi connectivity index (χ1n) is 11.1. The van der Waals surface area contributed by atoms with Crippen molar-refractivity contribution in [2.75, 3.05) is 99.1 Å². The van der Waals surface area contributed by atoms with Crippen LogP contribution in [0.1, 0.15) is 39.0 Å². The maximum Gasteiger partial charge on any atom is 0.0701 e. The number of hydrogen-bond acceptors (Lipinski definition) is 8. The minimum Gasteiger partial charge on any atom is -0.394 e. The van der Waals surface area contributed by atoms with Crippen molar-refractivity contribution in [2.45, 2.75) is 39.0 Å². The Balaban J connectivity index is 2.97. The predicted octanol–water partition coefficient (Wildman–Crippen LogP) is 2.07. The van der Waals surface area contributed by atoms with Crippen LogP contribution in [-0.2, 0) is 33.2 Å². The molecule has 0 unspecified atom stereocenters. The van der Waals surface area contributed by atoms with Gasteiger partial charge >= 0.3 is 0 Å². The number of aliphatic hydroxyl groups is 1. The average Bonchev–Trinajstić information content (AvgIpc) is 2.74. The second-order valence-electron chi connectivity index (χ2n) is 6.42. The van der Waals surface area contributed by atoms with E-state index >= 15 is 0 Å². The van der Waals surface area contributed by atoms with E-state index in [-0.39, 0.29) is 6.61 Å². The minimum atomic E-state index is 0.0384. The monoisotopic (exact) mass is 424 g/mol. The lowest BCUT2D eigenvalue weighted by Gasteiger charge is -2.08. The number of unbranched alkanes of at least 4 members (excludes halogenated alkanes) is 4. The molecule has 0 aliphatic heterocycles. The van der Waals surface area contributed by atoms with Crippen LogP contribution in [0.3, 0.4) is 0 Å². The van der Waals surface area contributed by atoms with Gasteiger partial charge in [-0.1, -0.05) is 32.6 Å². The Labute approximate surface area is 177 Å². The van der Waals surface area contributed by atoms with Crippen molar-refractivity contribution >= 4 is 0 Å². The molecule has 0 spiro atoms. The zero-order valence-electron chi connectivity index (χ0n) is 18.4. The lowest BCUT2D eigenvalue weighted by atomic mass is 10.2. The maximum atomic E-state index is 8.53. The molecule has 176 valence electrons. The average molecular weight is 425 g/mol. The van der Waals surface area contributed by atoms with E-state index in [4.69, 9.17) is 38.3 Å². The topological polar surface area (TPSA) is 84.8 Å². The summed E-state index contributed by atoms with van der Waals surface area (Å²) in [5, 5.41) is 8.53. The number of hydrogen-bond donors (Lipinski definition) is 1. The third-order valence-corrected chi connectivity index (χ3v) is 3.86. The molecule has 8 heteroatoms. The maximum absolute atomic E-state index is 8.53. The van der Waals surface area contributed by atoms with Crippen LogP contribution < -0.4 is 0 Å². The van der Waals surface area contributed by atoms with Crippen LogP contribution in [0.4, 0.5) is 0 Å². The Morgan fingerprint density at radius 2 is 0.690 bits per heavy atom. The van der Waals surface area contributed by atoms with Crippen LogP contribution in [0.2, 0.25) is 0 Å². The summed E-state index contributed by atoms with van der Waals surface area (Å²) < 4.78 is 37.6. The van der Waals surface area contributed by atoms with Crippen LogP contribution in [0, 0.1) is 0 Å². The Hall–Kier alpha value is -0.320. The van der Waals surface area contributed by atoms with Gasteiger partial charge in [0.25, 0.3) is 0 Å². The second-order valence-corrected chi connectivity index (χ2v) is 6.42. The van der Waals surface area contributed by atoms with E-state index in [0.717, 1.165) is 13.0 Å². The summed E-state index contributed by atoms with van der Waals surface area (Å²) in [6.07, 6.45) is 6.31. The van der Waals surface area contributed by atoms with Gasteiger partial charge in [0, 0.05) is 6.61 Å². The molecule has 0 aromatic heterocycles. The van der Waals surface area contributed by atoms with Crippen molar-refractivity contribution < 1.29 is 38.3 Å². The summed E-state index contributed by atoms with van der Waals surface area (Å²) in [4.78, 5) is 0. The van der Waals surface area contributed by atoms with Crippen LogP contribution in [0.15, 0.2) is 0 Å². The highest BCUT2D eigenvalue weighted by Gasteiger charge is 1.95. The van der Waals surface area contributed by atoms with Crippen LogP contribution in [0.25, 0.3) is 0 Å². The first-order chi connectivity index (χ1) is 14.4. The van der Waals surface area contributed by atoms with Crippen molar-refractivity contribution in [1.29, 1.82) is 0 Å². The Kier molecular flexibility index (Phi) is 27.4. The summed E-state index contributed by atoms with van der Waals surface area (Å²) in [6.45, 7) is 10.1. The minimum absolute atomic E-state index is 0.0384. The molecule has 0 rings (SSSR count). The molecule has 0 radical (unpaired) electrons. The van der Waals surface area contributed by atoms with Gasteiger partial charge in [0.05, 0.1) is 92.5 Å². The fraction of sp³-hybridized carbons (Fsp3) is 1.00. The van der Waals surface area contributed by atoms with Gasteiger partial charge in [-0.25, -0.2) is 0 Å². The molecule has 0 fully saturated rings. The molecule has 0 aliphatic rings. The molecular weight excluding hydrogens is 380 g/mol. The summed E-state index contributed by atoms with van der Waals surface area (Å²) >= 11 is 0. The molecule has 0 saturated carbocycles. The van der Waals surface area contributed by atoms with E-state index in [9.17, 15) is 0 Å². The summed E-state index contributed by atoms with van der Waals surface area (Å²) in [5.74, 6) is 0. The third kappa shape index (κ3) is 27.7. The zero-order valence-corrected chi connectivity index (χ0v) is 18.4. The Morgan fingerprint density at radius 3 is 1.03 bits per heavy atom. The van der Waals surface area contributed by atoms with Gasteiger partial charge < -0.3 is 38.3 Å². The standard InChI is InChI=1S/C21H44O8/c1-2-3-4-5-6-8-23-10-12-25-14-16-27-18-20-29-21-19-28-17-15-26-13-11-24-9-7-22/h22H,2-21H2,1H3. The predicted molar refractivity (Wildman–Crippen MR) is 112 cm³/mol. The Morgan fingerprint density at radius 1 is 0.379 bits per heavy atom. The highest BCUT2D eigenvalue weighted by Crippen LogP contribution is 2.02. The van der Waals surface area contributed by atoms with Gasteiger partial charge in [-0.05, 0) is 6.42 Å². The van der Waals surface area contributed by atoms with Crippen molar-refractivity contribution in [3.63, 3.8) is 0 Å². The van der Waals surface area contributed by atoms with Crippen molar-refractivity contribution in [3.8, 4) is 0 Å². The lowest BCUT2D eigenvalue weighted by Crippen LogP contribution is -2.14. The highest BCUT2D eigenvalue weighted by atomic mass is 16.6. The number of aliphatic hydroxyl groups excluding tert-OH is 1. The van der Waals surface area contributed by atoms with Gasteiger partial charge in [0.2, 0.25) is 0 Å². The molecule has 0 heterocycles. The molecule has 0 aliphatic carbocycles. The quantitative estimate of drug-likeness (QED) is 0.211. The van der Waals surface area contributed by atoms with Gasteiger partial charge in [-0.15, -0.1) is 0 Å². The van der Waals surface area contributed by atoms with Gasteiger partial charge in [-0.2, -0.15) is 0 Å². The third-order valence-electron chi connectivity index (χ3n) is 3.86. The molecule has 0 atom stereocenters. The van der Waals surface area contributed by atoms with Gasteiger partial charge in [-0.3, -0.25) is 0 Å².